The Kier molecular flexibility index (Phi) is 11.5. The fourth-order valence-corrected chi connectivity index (χ4v) is 15.2. The molecular weight excluding hydrogens is 838 g/mol. The number of H-pyrrole nitrogens is 1. The second kappa shape index (κ2) is 16.2. The van der Waals surface area contributed by atoms with Gasteiger partial charge >= 0.3 is 13.6 Å². The number of hydrogen-bond acceptors (Lipinski definition) is 13. The van der Waals surface area contributed by atoms with Crippen LogP contribution in [0.2, 0.25) is 0 Å². The number of esters is 1. The van der Waals surface area contributed by atoms with E-state index in [1.165, 1.54) is 7.11 Å². The minimum Gasteiger partial charge on any atom is -0.496 e. The smallest absolute Gasteiger partial charge is 0.349 e. The molecule has 16 heteroatoms. The molecule has 2 bridgehead atoms. The molecule has 15 nitrogen and oxygen atoms in total. The monoisotopic (exact) mass is 903 g/mol. The molecule has 2 saturated heterocycles. The number of benzene rings is 2. The molecule has 6 aliphatic rings. The number of carbonyl (C=O) groups excluding carboxylic acids is 2. The molecule has 1 amide bonds. The zero-order valence-electron chi connectivity index (χ0n) is 38.3. The summed E-state index contributed by atoms with van der Waals surface area (Å²) in [6.07, 6.45) is 4.84. The molecule has 1 aliphatic carbocycles. The van der Waals surface area contributed by atoms with Crippen molar-refractivity contribution >= 4 is 36.1 Å². The topological polar surface area (TPSA) is 186 Å². The quantitative estimate of drug-likeness (QED) is 0.0967. The van der Waals surface area contributed by atoms with Gasteiger partial charge in [0.05, 0.1) is 39.1 Å². The predicted molar refractivity (Wildman–Crippen MR) is 243 cm³/mol. The maximum Gasteiger partial charge on any atom is 0.349 e. The lowest BCUT2D eigenvalue weighted by Gasteiger charge is -2.63. The number of fused-ring (bicyclic) bond motifs is 6. The van der Waals surface area contributed by atoms with Crippen LogP contribution in [0.5, 0.6) is 5.75 Å². The SMILES string of the molecule is CCOP(=O)(CNC(=O)[C@]1(O)[C@@H]2N(C)c3cc(OC)c([C@@]4(C(=O)OC)C[C@H]5CN(CCc6c4[nH]c4ccccc64)C[C@](O)(CC)C5)cc3C23CCN2CC=C[C@](CC)(C23)[C@H]1O)OCC. The molecule has 5 N–H and O–H groups in total. The summed E-state index contributed by atoms with van der Waals surface area (Å²) in [6.45, 7) is 10.7. The van der Waals surface area contributed by atoms with E-state index >= 15 is 9.59 Å². The van der Waals surface area contributed by atoms with Crippen LogP contribution in [0.25, 0.3) is 10.9 Å². The lowest BCUT2D eigenvalue weighted by atomic mass is 9.47. The summed E-state index contributed by atoms with van der Waals surface area (Å²) in [5.74, 6) is -1.04. The molecule has 1 saturated carbocycles. The average Bonchev–Trinajstić information content (AvgIpc) is 3.95. The van der Waals surface area contributed by atoms with Crippen molar-refractivity contribution in [1.82, 2.24) is 20.1 Å². The Morgan fingerprint density at radius 1 is 0.984 bits per heavy atom. The van der Waals surface area contributed by atoms with Crippen molar-refractivity contribution in [1.29, 1.82) is 0 Å². The number of rotatable bonds is 12. The van der Waals surface area contributed by atoms with Crippen LogP contribution in [0, 0.1) is 11.3 Å². The number of methoxy groups -OCH3 is 2. The van der Waals surface area contributed by atoms with Crippen LogP contribution in [0.4, 0.5) is 5.69 Å². The van der Waals surface area contributed by atoms with E-state index in [-0.39, 0.29) is 25.2 Å². The summed E-state index contributed by atoms with van der Waals surface area (Å²) in [6, 6.07) is 10.7. The number of hydrogen-bond donors (Lipinski definition) is 5. The van der Waals surface area contributed by atoms with Crippen molar-refractivity contribution in [2.75, 3.05) is 78.4 Å². The van der Waals surface area contributed by atoms with Gasteiger partial charge in [-0.05, 0) is 88.1 Å². The Balaban J connectivity index is 1.30. The van der Waals surface area contributed by atoms with E-state index in [4.69, 9.17) is 18.5 Å². The van der Waals surface area contributed by atoms with Crippen LogP contribution in [0.15, 0.2) is 48.6 Å². The maximum absolute atomic E-state index is 15.4. The zero-order chi connectivity index (χ0) is 45.6. The van der Waals surface area contributed by atoms with Crippen molar-refractivity contribution in [3.63, 3.8) is 0 Å². The Morgan fingerprint density at radius 2 is 1.73 bits per heavy atom. The number of aliphatic hydroxyl groups is 3. The summed E-state index contributed by atoms with van der Waals surface area (Å²) >= 11 is 0. The zero-order valence-corrected chi connectivity index (χ0v) is 39.2. The van der Waals surface area contributed by atoms with Crippen LogP contribution in [0.1, 0.15) is 82.2 Å². The van der Waals surface area contributed by atoms with Crippen LogP contribution < -0.4 is 15.0 Å². The fourth-order valence-electron chi connectivity index (χ4n) is 13.9. The Labute approximate surface area is 376 Å². The molecule has 9 rings (SSSR count). The number of amides is 1. The number of carbonyl (C=O) groups is 2. The third-order valence-electron chi connectivity index (χ3n) is 16.3. The number of likely N-dealkylation sites (N-methyl/N-ethyl adjacent to an activating group) is 1. The van der Waals surface area contributed by atoms with Gasteiger partial charge in [-0.25, -0.2) is 0 Å². The molecule has 0 radical (unpaired) electrons. The summed E-state index contributed by atoms with van der Waals surface area (Å²) in [4.78, 5) is 40.8. The number of anilines is 1. The van der Waals surface area contributed by atoms with Gasteiger partial charge in [0.1, 0.15) is 23.6 Å². The van der Waals surface area contributed by atoms with Gasteiger partial charge in [-0.15, -0.1) is 0 Å². The van der Waals surface area contributed by atoms with Gasteiger partial charge in [-0.2, -0.15) is 0 Å². The van der Waals surface area contributed by atoms with Gasteiger partial charge in [0, 0.05) is 84.0 Å². The van der Waals surface area contributed by atoms with Crippen molar-refractivity contribution in [2.45, 2.75) is 106 Å². The predicted octanol–water partition coefficient (Wildman–Crippen LogP) is 4.59. The highest BCUT2D eigenvalue weighted by Crippen LogP contribution is 2.68. The Bertz CT molecular complexity index is 2400. The highest BCUT2D eigenvalue weighted by Gasteiger charge is 2.78. The standard InChI is InChI=1S/C48H66N5O10P/c1-8-44(57)25-30-26-47(43(56)61-7,38-32(17-21-52(27-30)28-44)31-15-12-13-16-35(31)50-38)34-23-33-36(24-37(34)60-6)51(5)40-46(33)19-22-53-20-14-18-45(9-2,39(46)53)41(54)48(40,58)42(55)49-29-64(59,62-10-3)63-11-4/h12-16,18,23-24,30,39-41,50,54,57-58H,8-11,17,19-22,25-29H2,1-7H3,(H,49,55)/t30-,39?,40+,41+,44-,45+,46?,47-,48-/m0/s1. The second-order valence-corrected chi connectivity index (χ2v) is 21.3. The molecule has 6 heterocycles. The number of nitrogens with zero attached hydrogens (tertiary/aromatic N) is 3. The first-order chi connectivity index (χ1) is 30.6. The summed E-state index contributed by atoms with van der Waals surface area (Å²) < 4.78 is 37.1. The first kappa shape index (κ1) is 45.4. The van der Waals surface area contributed by atoms with Crippen LogP contribution in [0.3, 0.4) is 0 Å². The van der Waals surface area contributed by atoms with Gasteiger partial charge in [0.25, 0.3) is 5.91 Å². The first-order valence-electron chi connectivity index (χ1n) is 23.2. The second-order valence-electron chi connectivity index (χ2n) is 19.2. The molecule has 5 aliphatic heterocycles. The van der Waals surface area contributed by atoms with E-state index in [9.17, 15) is 19.9 Å². The number of para-hydroxylation sites is 1. The molecule has 3 unspecified atom stereocenters. The van der Waals surface area contributed by atoms with E-state index in [0.29, 0.717) is 88.2 Å². The number of nitrogens with one attached hydrogen (secondary N) is 2. The average molecular weight is 904 g/mol. The highest BCUT2D eigenvalue weighted by molar-refractivity contribution is 7.53. The van der Waals surface area contributed by atoms with E-state index in [2.05, 4.69) is 32.2 Å². The summed E-state index contributed by atoms with van der Waals surface area (Å²) in [5.41, 5.74) is -2.18. The molecular formula is C48H66N5O10P. The minimum absolute atomic E-state index is 0.0841. The number of piperidine rings is 1. The van der Waals surface area contributed by atoms with Gasteiger partial charge < -0.3 is 49.0 Å². The lowest BCUT2D eigenvalue weighted by molar-refractivity contribution is -0.203. The van der Waals surface area contributed by atoms with E-state index in [1.807, 2.05) is 62.2 Å². The molecule has 1 spiro atoms. The van der Waals surface area contributed by atoms with Crippen LogP contribution >= 0.6 is 7.60 Å². The van der Waals surface area contributed by atoms with Crippen molar-refractivity contribution in [3.05, 3.63) is 70.9 Å². The molecule has 3 aromatic rings. The Morgan fingerprint density at radius 3 is 2.42 bits per heavy atom. The number of aromatic amines is 1. The number of aliphatic hydroxyl groups excluding tert-OH is 1. The minimum atomic E-state index is -3.81. The molecule has 2 aromatic carbocycles. The largest absolute Gasteiger partial charge is 0.496 e. The van der Waals surface area contributed by atoms with Gasteiger partial charge in [-0.3, -0.25) is 24.0 Å². The van der Waals surface area contributed by atoms with Crippen molar-refractivity contribution in [3.8, 4) is 5.75 Å². The normalized spacial score (nSPS) is 35.4. The fraction of sp³-hybridized carbons (Fsp3) is 0.625. The van der Waals surface area contributed by atoms with Gasteiger partial charge in [0.2, 0.25) is 0 Å². The van der Waals surface area contributed by atoms with Crippen molar-refractivity contribution in [2.24, 2.45) is 11.3 Å². The van der Waals surface area contributed by atoms with Gasteiger partial charge in [0.15, 0.2) is 5.60 Å². The molecule has 348 valence electrons. The number of aromatic nitrogens is 1. The highest BCUT2D eigenvalue weighted by atomic mass is 31.2. The van der Waals surface area contributed by atoms with Crippen LogP contribution in [-0.4, -0.2) is 145 Å². The number of ether oxygens (including phenoxy) is 2. The van der Waals surface area contributed by atoms with Crippen molar-refractivity contribution < 1.29 is 48.0 Å². The Hall–Kier alpha value is -3.79. The summed E-state index contributed by atoms with van der Waals surface area (Å²) in [5, 5.41) is 42.1. The molecule has 3 fully saturated rings. The van der Waals surface area contributed by atoms with E-state index in [1.54, 1.807) is 21.0 Å². The van der Waals surface area contributed by atoms with E-state index < -0.39 is 65.4 Å². The van der Waals surface area contributed by atoms with Gasteiger partial charge in [-0.1, -0.05) is 44.2 Å². The van der Waals surface area contributed by atoms with Crippen LogP contribution in [-0.2, 0) is 45.2 Å². The molecule has 64 heavy (non-hydrogen) atoms. The third-order valence-corrected chi connectivity index (χ3v) is 18.1. The third kappa shape index (κ3) is 6.28. The summed E-state index contributed by atoms with van der Waals surface area (Å²) in [7, 11) is 1.04. The molecule has 1 aromatic heterocycles. The lowest BCUT2D eigenvalue weighted by Crippen LogP contribution is -2.81. The van der Waals surface area contributed by atoms with E-state index in [0.717, 1.165) is 27.7 Å². The first-order valence-corrected chi connectivity index (χ1v) is 24.9. The maximum atomic E-state index is 15.4. The molecule has 10 atom stereocenters.